The van der Waals surface area contributed by atoms with Gasteiger partial charge in [0.15, 0.2) is 0 Å². The van der Waals surface area contributed by atoms with Crippen LogP contribution in [0.4, 0.5) is 0 Å². The average Bonchev–Trinajstić information content (AvgIpc) is 2.74. The Balaban J connectivity index is 2.16. The predicted octanol–water partition coefficient (Wildman–Crippen LogP) is 3.85. The van der Waals surface area contributed by atoms with E-state index in [9.17, 15) is 9.59 Å². The van der Waals surface area contributed by atoms with Gasteiger partial charge in [0.2, 0.25) is 0 Å². The molecular formula is C23H19N3O3. The van der Waals surface area contributed by atoms with E-state index in [-0.39, 0.29) is 5.56 Å². The standard InChI is InChI=1S/C23H19N3O3/c1-14-7-9-16(10-8-14)20-19(23(28)29-3)15(2)25-17-11-13-26(22(27)21(17)20)18-6-4-5-12-24-18/h4-13H,1-3H3. The molecule has 0 N–H and O–H groups in total. The molecule has 6 nitrogen and oxygen atoms in total. The highest BCUT2D eigenvalue weighted by Crippen LogP contribution is 2.32. The molecule has 3 heterocycles. The SMILES string of the molecule is COC(=O)c1c(C)nc2ccn(-c3ccccn3)c(=O)c2c1-c1ccc(C)cc1. The highest BCUT2D eigenvalue weighted by molar-refractivity contribution is 6.07. The number of aryl methyl sites for hydroxylation is 2. The first-order chi connectivity index (χ1) is 14.0. The Kier molecular flexibility index (Phi) is 4.68. The molecule has 6 heteroatoms. The summed E-state index contributed by atoms with van der Waals surface area (Å²) in [7, 11) is 1.32. The molecule has 29 heavy (non-hydrogen) atoms. The quantitative estimate of drug-likeness (QED) is 0.501. The number of rotatable bonds is 3. The molecule has 0 aliphatic heterocycles. The predicted molar refractivity (Wildman–Crippen MR) is 111 cm³/mol. The van der Waals surface area contributed by atoms with Crippen LogP contribution in [0.3, 0.4) is 0 Å². The van der Waals surface area contributed by atoms with Crippen LogP contribution in [-0.4, -0.2) is 27.6 Å². The Morgan fingerprint density at radius 2 is 1.79 bits per heavy atom. The minimum Gasteiger partial charge on any atom is -0.465 e. The van der Waals surface area contributed by atoms with E-state index in [0.717, 1.165) is 11.1 Å². The largest absolute Gasteiger partial charge is 0.465 e. The summed E-state index contributed by atoms with van der Waals surface area (Å²) >= 11 is 0. The number of ether oxygens (including phenoxy) is 1. The Bertz CT molecular complexity index is 1280. The number of benzene rings is 1. The molecule has 0 saturated carbocycles. The molecule has 0 saturated heterocycles. The van der Waals surface area contributed by atoms with E-state index in [1.54, 1.807) is 37.5 Å². The van der Waals surface area contributed by atoms with E-state index in [2.05, 4.69) is 9.97 Å². The molecule has 0 radical (unpaired) electrons. The van der Waals surface area contributed by atoms with Crippen molar-refractivity contribution in [1.29, 1.82) is 0 Å². The van der Waals surface area contributed by atoms with Crippen molar-refractivity contribution in [3.63, 3.8) is 0 Å². The van der Waals surface area contributed by atoms with Crippen molar-refractivity contribution in [2.45, 2.75) is 13.8 Å². The number of nitrogens with zero attached hydrogens (tertiary/aromatic N) is 3. The Labute approximate surface area is 167 Å². The first kappa shape index (κ1) is 18.6. The lowest BCUT2D eigenvalue weighted by molar-refractivity contribution is 0.0600. The summed E-state index contributed by atoms with van der Waals surface area (Å²) < 4.78 is 6.46. The maximum Gasteiger partial charge on any atom is 0.340 e. The van der Waals surface area contributed by atoms with Crippen LogP contribution in [0, 0.1) is 13.8 Å². The summed E-state index contributed by atoms with van der Waals surface area (Å²) in [6.45, 7) is 3.72. The molecule has 4 rings (SSSR count). The first-order valence-corrected chi connectivity index (χ1v) is 9.14. The molecule has 0 amide bonds. The van der Waals surface area contributed by atoms with Crippen molar-refractivity contribution in [3.05, 3.63) is 88.1 Å². The maximum absolute atomic E-state index is 13.5. The number of pyridine rings is 3. The molecule has 4 aromatic rings. The van der Waals surface area contributed by atoms with Gasteiger partial charge in [0.25, 0.3) is 5.56 Å². The van der Waals surface area contributed by atoms with Crippen molar-refractivity contribution in [1.82, 2.24) is 14.5 Å². The monoisotopic (exact) mass is 385 g/mol. The number of hydrogen-bond acceptors (Lipinski definition) is 5. The fourth-order valence-electron chi connectivity index (χ4n) is 3.43. The van der Waals surface area contributed by atoms with Crippen molar-refractivity contribution >= 4 is 16.9 Å². The van der Waals surface area contributed by atoms with Crippen LogP contribution in [0.15, 0.2) is 65.7 Å². The number of methoxy groups -OCH3 is 1. The molecule has 0 fully saturated rings. The van der Waals surface area contributed by atoms with Gasteiger partial charge in [-0.05, 0) is 37.6 Å². The van der Waals surface area contributed by atoms with Crippen LogP contribution < -0.4 is 5.56 Å². The summed E-state index contributed by atoms with van der Waals surface area (Å²) in [5.74, 6) is -0.0328. The van der Waals surface area contributed by atoms with Gasteiger partial charge in [-0.1, -0.05) is 35.9 Å². The smallest absolute Gasteiger partial charge is 0.340 e. The van der Waals surface area contributed by atoms with Gasteiger partial charge in [-0.25, -0.2) is 9.78 Å². The van der Waals surface area contributed by atoms with E-state index in [1.807, 2.05) is 37.3 Å². The van der Waals surface area contributed by atoms with Gasteiger partial charge in [-0.3, -0.25) is 14.3 Å². The van der Waals surface area contributed by atoms with Crippen LogP contribution >= 0.6 is 0 Å². The van der Waals surface area contributed by atoms with E-state index >= 15 is 0 Å². The second-order valence-electron chi connectivity index (χ2n) is 6.74. The molecule has 0 spiro atoms. The molecule has 0 aliphatic rings. The highest BCUT2D eigenvalue weighted by atomic mass is 16.5. The van der Waals surface area contributed by atoms with Crippen LogP contribution in [0.25, 0.3) is 27.8 Å². The third kappa shape index (κ3) is 3.18. The minimum absolute atomic E-state index is 0.291. The first-order valence-electron chi connectivity index (χ1n) is 9.14. The number of fused-ring (bicyclic) bond motifs is 1. The van der Waals surface area contributed by atoms with Crippen LogP contribution in [0.5, 0.6) is 0 Å². The van der Waals surface area contributed by atoms with Crippen molar-refractivity contribution < 1.29 is 9.53 Å². The summed E-state index contributed by atoms with van der Waals surface area (Å²) in [4.78, 5) is 34.9. The minimum atomic E-state index is -0.528. The molecule has 3 aromatic heterocycles. The topological polar surface area (TPSA) is 74.1 Å². The van der Waals surface area contributed by atoms with E-state index < -0.39 is 5.97 Å². The number of carbonyl (C=O) groups excluding carboxylic acids is 1. The van der Waals surface area contributed by atoms with Crippen molar-refractivity contribution in [3.8, 4) is 16.9 Å². The molecule has 0 unspecified atom stereocenters. The molecular weight excluding hydrogens is 366 g/mol. The Hall–Kier alpha value is -3.80. The maximum atomic E-state index is 13.5. The zero-order chi connectivity index (χ0) is 20.5. The molecule has 144 valence electrons. The summed E-state index contributed by atoms with van der Waals surface area (Å²) in [5.41, 5.74) is 3.37. The lowest BCUT2D eigenvalue weighted by atomic mass is 9.94. The fraction of sp³-hybridized carbons (Fsp3) is 0.130. The van der Waals surface area contributed by atoms with Crippen LogP contribution in [0.2, 0.25) is 0 Å². The molecule has 0 aliphatic carbocycles. The van der Waals surface area contributed by atoms with Gasteiger partial charge in [0.05, 0.1) is 29.3 Å². The Morgan fingerprint density at radius 1 is 1.03 bits per heavy atom. The number of aromatic nitrogens is 3. The van der Waals surface area contributed by atoms with Gasteiger partial charge < -0.3 is 4.74 Å². The molecule has 1 aromatic carbocycles. The lowest BCUT2D eigenvalue weighted by Crippen LogP contribution is -2.21. The van der Waals surface area contributed by atoms with Gasteiger partial charge in [0, 0.05) is 18.0 Å². The number of carbonyl (C=O) groups is 1. The summed E-state index contributed by atoms with van der Waals surface area (Å²) in [6, 6.07) is 14.8. The number of esters is 1. The van der Waals surface area contributed by atoms with Crippen molar-refractivity contribution in [2.24, 2.45) is 0 Å². The number of hydrogen-bond donors (Lipinski definition) is 0. The summed E-state index contributed by atoms with van der Waals surface area (Å²) in [6.07, 6.45) is 3.27. The Morgan fingerprint density at radius 3 is 2.45 bits per heavy atom. The molecule has 0 bridgehead atoms. The van der Waals surface area contributed by atoms with Gasteiger partial charge in [0.1, 0.15) is 5.82 Å². The van der Waals surface area contributed by atoms with Gasteiger partial charge in [-0.15, -0.1) is 0 Å². The second kappa shape index (κ2) is 7.31. The third-order valence-electron chi connectivity index (χ3n) is 4.85. The lowest BCUT2D eigenvalue weighted by Gasteiger charge is -2.15. The normalized spacial score (nSPS) is 10.9. The summed E-state index contributed by atoms with van der Waals surface area (Å²) in [5, 5.41) is 0.355. The van der Waals surface area contributed by atoms with E-state index in [1.165, 1.54) is 11.7 Å². The average molecular weight is 385 g/mol. The van der Waals surface area contributed by atoms with Crippen molar-refractivity contribution in [2.75, 3.05) is 7.11 Å². The van der Waals surface area contributed by atoms with E-state index in [4.69, 9.17) is 4.74 Å². The zero-order valence-electron chi connectivity index (χ0n) is 16.3. The molecule has 0 atom stereocenters. The fourth-order valence-corrected chi connectivity index (χ4v) is 3.43. The van der Waals surface area contributed by atoms with Gasteiger partial charge >= 0.3 is 5.97 Å². The highest BCUT2D eigenvalue weighted by Gasteiger charge is 2.23. The third-order valence-corrected chi connectivity index (χ3v) is 4.85. The van der Waals surface area contributed by atoms with E-state index in [0.29, 0.717) is 33.5 Å². The van der Waals surface area contributed by atoms with Crippen LogP contribution in [-0.2, 0) is 4.74 Å². The second-order valence-corrected chi connectivity index (χ2v) is 6.74. The van der Waals surface area contributed by atoms with Crippen LogP contribution in [0.1, 0.15) is 21.6 Å². The zero-order valence-corrected chi connectivity index (χ0v) is 16.3. The van der Waals surface area contributed by atoms with Gasteiger partial charge in [-0.2, -0.15) is 0 Å².